The number of hydrogen-bond donors (Lipinski definition) is 1. The summed E-state index contributed by atoms with van der Waals surface area (Å²) < 4.78 is 12.3. The lowest BCUT2D eigenvalue weighted by molar-refractivity contribution is -0.146. The first-order valence-electron chi connectivity index (χ1n) is 14.5. The van der Waals surface area contributed by atoms with Crippen molar-refractivity contribution in [3.05, 3.63) is 89.5 Å². The van der Waals surface area contributed by atoms with Gasteiger partial charge in [0.2, 0.25) is 5.91 Å². The zero-order valence-electron chi connectivity index (χ0n) is 24.2. The van der Waals surface area contributed by atoms with Gasteiger partial charge in [-0.3, -0.25) is 9.59 Å². The van der Waals surface area contributed by atoms with Crippen molar-refractivity contribution in [2.24, 2.45) is 11.8 Å². The summed E-state index contributed by atoms with van der Waals surface area (Å²) in [5.74, 6) is 0.677. The van der Waals surface area contributed by atoms with Crippen molar-refractivity contribution in [1.82, 2.24) is 0 Å². The van der Waals surface area contributed by atoms with Crippen molar-refractivity contribution < 1.29 is 24.2 Å². The highest BCUT2D eigenvalue weighted by Crippen LogP contribution is 2.59. The molecule has 3 aromatic carbocycles. The number of aliphatic hydroxyl groups excluding tert-OH is 1. The van der Waals surface area contributed by atoms with Crippen LogP contribution in [0.2, 0.25) is 0 Å². The molecule has 2 saturated heterocycles. The molecule has 2 fully saturated rings. The molecule has 6 rings (SSSR count). The number of carbonyl (C=O) groups excluding carboxylic acids is 2. The summed E-state index contributed by atoms with van der Waals surface area (Å²) in [5.41, 5.74) is 3.26. The molecular weight excluding hydrogens is 516 g/mol. The minimum atomic E-state index is -1.14. The van der Waals surface area contributed by atoms with E-state index in [0.29, 0.717) is 19.4 Å². The van der Waals surface area contributed by atoms with E-state index in [-0.39, 0.29) is 41.8 Å². The predicted octanol–water partition coefficient (Wildman–Crippen LogP) is 5.19. The Hall–Kier alpha value is -3.68. The second-order valence-electron chi connectivity index (χ2n) is 12.0. The highest BCUT2D eigenvalue weighted by Gasteiger charge is 2.65. The van der Waals surface area contributed by atoms with Crippen LogP contribution in [0.25, 0.3) is 0 Å². The zero-order chi connectivity index (χ0) is 28.9. The van der Waals surface area contributed by atoms with E-state index in [0.717, 1.165) is 40.4 Å². The van der Waals surface area contributed by atoms with E-state index in [2.05, 4.69) is 32.9 Å². The number of benzene rings is 3. The van der Waals surface area contributed by atoms with Crippen molar-refractivity contribution in [1.29, 1.82) is 0 Å². The summed E-state index contributed by atoms with van der Waals surface area (Å²) >= 11 is 0. The minimum absolute atomic E-state index is 0.0198. The molecule has 3 aliphatic heterocycles. The van der Waals surface area contributed by atoms with Gasteiger partial charge in [-0.05, 0) is 53.3 Å². The molecule has 7 heteroatoms. The smallest absolute Gasteiger partial charge is 0.264 e. The fourth-order valence-corrected chi connectivity index (χ4v) is 7.37. The number of anilines is 2. The summed E-state index contributed by atoms with van der Waals surface area (Å²) in [6.45, 7) is 7.67. The van der Waals surface area contributed by atoms with Crippen LogP contribution in [-0.2, 0) is 31.9 Å². The Kier molecular flexibility index (Phi) is 6.91. The van der Waals surface area contributed by atoms with Crippen LogP contribution >= 0.6 is 0 Å². The number of methoxy groups -OCH3 is 1. The average Bonchev–Trinajstić information content (AvgIpc) is 3.40. The number of hydrogen-bond acceptors (Lipinski definition) is 5. The maximum atomic E-state index is 14.6. The fourth-order valence-electron chi connectivity index (χ4n) is 7.37. The standard InChI is InChI=1S/C34H38N2O5/c1-22-31(33(2,3)24-11-15-26(40-4)16-12-24)29(18-20-37)41-34(22)27-7-5-6-8-28(27)36(32(34)39)21-23-9-13-25(14-10-23)35-19-17-30(35)38/h5-16,22,29,31,37H,17-21H2,1-4H3/t22-,29+,31-,34+/m0/s1. The molecule has 0 saturated carbocycles. The number of fused-ring (bicyclic) bond motifs is 2. The van der Waals surface area contributed by atoms with Crippen LogP contribution in [0.1, 0.15) is 50.3 Å². The Bertz CT molecular complexity index is 1450. The number of aliphatic hydroxyl groups is 1. The van der Waals surface area contributed by atoms with E-state index in [9.17, 15) is 14.7 Å². The van der Waals surface area contributed by atoms with Gasteiger partial charge in [0, 0.05) is 42.7 Å². The first-order chi connectivity index (χ1) is 19.7. The second kappa shape index (κ2) is 10.3. The number of ether oxygens (including phenoxy) is 2. The number of β-lactam (4-membered cyclic amide) rings is 1. The Balaban J connectivity index is 1.35. The van der Waals surface area contributed by atoms with Crippen molar-refractivity contribution >= 4 is 23.2 Å². The van der Waals surface area contributed by atoms with Gasteiger partial charge in [0.05, 0.1) is 25.4 Å². The van der Waals surface area contributed by atoms with Crippen LogP contribution in [0.3, 0.4) is 0 Å². The lowest BCUT2D eigenvalue weighted by Gasteiger charge is -2.38. The zero-order valence-corrected chi connectivity index (χ0v) is 24.2. The van der Waals surface area contributed by atoms with E-state index in [4.69, 9.17) is 9.47 Å². The van der Waals surface area contributed by atoms with Gasteiger partial charge in [-0.15, -0.1) is 0 Å². The molecule has 2 amide bonds. The topological polar surface area (TPSA) is 79.3 Å². The van der Waals surface area contributed by atoms with Gasteiger partial charge in [-0.1, -0.05) is 63.2 Å². The van der Waals surface area contributed by atoms with Crippen molar-refractivity contribution in [2.45, 2.75) is 57.3 Å². The number of para-hydroxylation sites is 1. The quantitative estimate of drug-likeness (QED) is 0.388. The number of carbonyl (C=O) groups is 2. The summed E-state index contributed by atoms with van der Waals surface area (Å²) in [6.07, 6.45) is 0.731. The number of nitrogens with zero attached hydrogens (tertiary/aromatic N) is 2. The SMILES string of the molecule is COc1ccc(C(C)(C)[C@@H]2[C@@H](CCO)O[C@]3(C(=O)N(Cc4ccc(N5CCC5=O)cc4)c4ccccc43)[C@H]2C)cc1. The fraction of sp³-hybridized carbons (Fsp3) is 0.412. The summed E-state index contributed by atoms with van der Waals surface area (Å²) in [7, 11) is 1.66. The van der Waals surface area contributed by atoms with Crippen molar-refractivity contribution in [3.8, 4) is 5.75 Å². The monoisotopic (exact) mass is 554 g/mol. The van der Waals surface area contributed by atoms with Gasteiger partial charge in [-0.25, -0.2) is 0 Å². The van der Waals surface area contributed by atoms with E-state index >= 15 is 0 Å². The average molecular weight is 555 g/mol. The normalized spacial score (nSPS) is 25.5. The molecular formula is C34H38N2O5. The predicted molar refractivity (Wildman–Crippen MR) is 158 cm³/mol. The molecule has 3 heterocycles. The molecule has 0 bridgehead atoms. The molecule has 4 atom stereocenters. The molecule has 1 N–H and O–H groups in total. The third-order valence-electron chi connectivity index (χ3n) is 9.60. The highest BCUT2D eigenvalue weighted by molar-refractivity contribution is 6.07. The van der Waals surface area contributed by atoms with Crippen LogP contribution in [0, 0.1) is 11.8 Å². The van der Waals surface area contributed by atoms with E-state index in [1.165, 1.54) is 0 Å². The third-order valence-corrected chi connectivity index (χ3v) is 9.60. The first-order valence-corrected chi connectivity index (χ1v) is 14.5. The lowest BCUT2D eigenvalue weighted by atomic mass is 9.63. The van der Waals surface area contributed by atoms with Crippen LogP contribution < -0.4 is 14.5 Å². The van der Waals surface area contributed by atoms with Gasteiger partial charge >= 0.3 is 0 Å². The lowest BCUT2D eigenvalue weighted by Crippen LogP contribution is -2.45. The molecule has 1 spiro atoms. The first kappa shape index (κ1) is 27.5. The van der Waals surface area contributed by atoms with Crippen LogP contribution in [0.5, 0.6) is 5.75 Å². The number of amides is 2. The molecule has 41 heavy (non-hydrogen) atoms. The maximum absolute atomic E-state index is 14.6. The Morgan fingerprint density at radius 2 is 1.73 bits per heavy atom. The number of rotatable bonds is 8. The van der Waals surface area contributed by atoms with Crippen molar-refractivity contribution in [3.63, 3.8) is 0 Å². The summed E-state index contributed by atoms with van der Waals surface area (Å²) in [6, 6.07) is 23.9. The molecule has 0 aromatic heterocycles. The van der Waals surface area contributed by atoms with Crippen LogP contribution in [-0.4, -0.2) is 43.3 Å². The maximum Gasteiger partial charge on any atom is 0.264 e. The molecule has 3 aromatic rings. The second-order valence-corrected chi connectivity index (χ2v) is 12.0. The minimum Gasteiger partial charge on any atom is -0.497 e. The molecule has 0 unspecified atom stereocenters. The highest BCUT2D eigenvalue weighted by atomic mass is 16.5. The van der Waals surface area contributed by atoms with Gasteiger partial charge in [0.25, 0.3) is 5.91 Å². The van der Waals surface area contributed by atoms with E-state index in [1.807, 2.05) is 65.6 Å². The largest absolute Gasteiger partial charge is 0.497 e. The van der Waals surface area contributed by atoms with Crippen LogP contribution in [0.15, 0.2) is 72.8 Å². The Morgan fingerprint density at radius 3 is 2.34 bits per heavy atom. The van der Waals surface area contributed by atoms with Gasteiger partial charge in [0.1, 0.15) is 5.75 Å². The molecule has 3 aliphatic rings. The van der Waals surface area contributed by atoms with Gasteiger partial charge in [0.15, 0.2) is 5.60 Å². The van der Waals surface area contributed by atoms with E-state index < -0.39 is 5.60 Å². The van der Waals surface area contributed by atoms with Gasteiger partial charge in [-0.2, -0.15) is 0 Å². The summed E-state index contributed by atoms with van der Waals surface area (Å²) in [4.78, 5) is 30.1. The van der Waals surface area contributed by atoms with Gasteiger partial charge < -0.3 is 24.4 Å². The molecule has 7 nitrogen and oxygen atoms in total. The molecule has 0 radical (unpaired) electrons. The van der Waals surface area contributed by atoms with Crippen LogP contribution in [0.4, 0.5) is 11.4 Å². The molecule has 214 valence electrons. The third kappa shape index (κ3) is 4.25. The molecule has 0 aliphatic carbocycles. The van der Waals surface area contributed by atoms with E-state index in [1.54, 1.807) is 12.0 Å². The summed E-state index contributed by atoms with van der Waals surface area (Å²) in [5, 5.41) is 10.1. The Labute approximate surface area is 241 Å². The van der Waals surface area contributed by atoms with Crippen molar-refractivity contribution in [2.75, 3.05) is 30.1 Å². The Morgan fingerprint density at radius 1 is 1.02 bits per heavy atom.